The van der Waals surface area contributed by atoms with Gasteiger partial charge in [0.05, 0.1) is 18.8 Å². The molecule has 2 heterocycles. The van der Waals surface area contributed by atoms with Crippen LogP contribution in [-0.2, 0) is 4.74 Å². The zero-order chi connectivity index (χ0) is 12.8. The number of halogens is 1. The standard InChI is InChI=1S/C14H15BrO3/c1-2-3-12-14(7-17-8-14)13(16)10-6-9(15)4-5-11(10)18-12/h4-6,12H,2-3,7-8H2,1H3. The molecule has 1 fully saturated rings. The normalized spacial score (nSPS) is 24.3. The van der Waals surface area contributed by atoms with Gasteiger partial charge in [0.1, 0.15) is 17.3 Å². The summed E-state index contributed by atoms with van der Waals surface area (Å²) < 4.78 is 12.2. The first-order valence-corrected chi connectivity index (χ1v) is 7.05. The number of carbonyl (C=O) groups excluding carboxylic acids is 1. The van der Waals surface area contributed by atoms with Crippen LogP contribution in [0.3, 0.4) is 0 Å². The van der Waals surface area contributed by atoms with Gasteiger partial charge in [-0.1, -0.05) is 29.3 Å². The molecule has 1 aromatic rings. The van der Waals surface area contributed by atoms with Gasteiger partial charge in [0.15, 0.2) is 5.78 Å². The van der Waals surface area contributed by atoms with Crippen molar-refractivity contribution in [2.24, 2.45) is 5.41 Å². The van der Waals surface area contributed by atoms with Crippen LogP contribution in [0.25, 0.3) is 0 Å². The van der Waals surface area contributed by atoms with Crippen LogP contribution in [0.2, 0.25) is 0 Å². The molecular weight excluding hydrogens is 296 g/mol. The highest BCUT2D eigenvalue weighted by Crippen LogP contribution is 2.45. The summed E-state index contributed by atoms with van der Waals surface area (Å²) in [5, 5.41) is 0. The maximum absolute atomic E-state index is 12.7. The van der Waals surface area contributed by atoms with Crippen molar-refractivity contribution < 1.29 is 14.3 Å². The number of hydrogen-bond acceptors (Lipinski definition) is 3. The van der Waals surface area contributed by atoms with E-state index < -0.39 is 5.41 Å². The third kappa shape index (κ3) is 1.62. The predicted molar refractivity (Wildman–Crippen MR) is 71.0 cm³/mol. The molecule has 1 unspecified atom stereocenters. The molecule has 1 aromatic carbocycles. The number of fused-ring (bicyclic) bond motifs is 1. The second-order valence-corrected chi connectivity index (χ2v) is 5.93. The van der Waals surface area contributed by atoms with Crippen molar-refractivity contribution in [1.82, 2.24) is 0 Å². The van der Waals surface area contributed by atoms with E-state index >= 15 is 0 Å². The first-order valence-electron chi connectivity index (χ1n) is 6.26. The first kappa shape index (κ1) is 12.2. The Morgan fingerprint density at radius 1 is 1.44 bits per heavy atom. The summed E-state index contributed by atoms with van der Waals surface area (Å²) in [6, 6.07) is 5.62. The minimum atomic E-state index is -0.441. The van der Waals surface area contributed by atoms with Crippen LogP contribution in [0, 0.1) is 5.41 Å². The molecule has 0 aromatic heterocycles. The highest BCUT2D eigenvalue weighted by molar-refractivity contribution is 9.10. The van der Waals surface area contributed by atoms with Gasteiger partial charge < -0.3 is 9.47 Å². The van der Waals surface area contributed by atoms with Crippen LogP contribution in [0.1, 0.15) is 30.1 Å². The molecule has 0 amide bonds. The van der Waals surface area contributed by atoms with Gasteiger partial charge >= 0.3 is 0 Å². The Kier molecular flexibility index (Phi) is 2.94. The van der Waals surface area contributed by atoms with Crippen LogP contribution < -0.4 is 4.74 Å². The monoisotopic (exact) mass is 310 g/mol. The maximum atomic E-state index is 12.7. The van der Waals surface area contributed by atoms with Gasteiger partial charge in [-0.05, 0) is 24.6 Å². The average molecular weight is 311 g/mol. The van der Waals surface area contributed by atoms with Crippen molar-refractivity contribution in [2.45, 2.75) is 25.9 Å². The summed E-state index contributed by atoms with van der Waals surface area (Å²) in [6.07, 6.45) is 1.85. The van der Waals surface area contributed by atoms with Crippen LogP contribution in [-0.4, -0.2) is 25.1 Å². The second kappa shape index (κ2) is 4.35. The predicted octanol–water partition coefficient (Wildman–Crippen LogP) is 3.21. The molecule has 3 nitrogen and oxygen atoms in total. The minimum absolute atomic E-state index is 0.0441. The maximum Gasteiger partial charge on any atom is 0.181 e. The van der Waals surface area contributed by atoms with Crippen molar-refractivity contribution in [3.8, 4) is 5.75 Å². The van der Waals surface area contributed by atoms with Crippen molar-refractivity contribution in [3.05, 3.63) is 28.2 Å². The largest absolute Gasteiger partial charge is 0.488 e. The smallest absolute Gasteiger partial charge is 0.181 e. The Hall–Kier alpha value is -0.870. The lowest BCUT2D eigenvalue weighted by atomic mass is 9.70. The quantitative estimate of drug-likeness (QED) is 0.841. The van der Waals surface area contributed by atoms with Crippen LogP contribution in [0.15, 0.2) is 22.7 Å². The molecule has 4 heteroatoms. The molecule has 0 bridgehead atoms. The van der Waals surface area contributed by atoms with Crippen molar-refractivity contribution in [1.29, 1.82) is 0 Å². The van der Waals surface area contributed by atoms with E-state index in [0.29, 0.717) is 24.5 Å². The summed E-state index contributed by atoms with van der Waals surface area (Å²) in [5.74, 6) is 0.883. The van der Waals surface area contributed by atoms with Gasteiger partial charge in [-0.3, -0.25) is 4.79 Å². The van der Waals surface area contributed by atoms with Gasteiger partial charge in [0, 0.05) is 4.47 Å². The Balaban J connectivity index is 2.04. The molecule has 0 aliphatic carbocycles. The lowest BCUT2D eigenvalue weighted by Crippen LogP contribution is -2.60. The summed E-state index contributed by atoms with van der Waals surface area (Å²) in [6.45, 7) is 3.09. The molecule has 1 atom stereocenters. The molecule has 1 spiro atoms. The zero-order valence-corrected chi connectivity index (χ0v) is 11.8. The third-order valence-electron chi connectivity index (χ3n) is 3.79. The number of benzene rings is 1. The summed E-state index contributed by atoms with van der Waals surface area (Å²) in [5.41, 5.74) is 0.240. The fraction of sp³-hybridized carbons (Fsp3) is 0.500. The summed E-state index contributed by atoms with van der Waals surface area (Å²) >= 11 is 3.40. The second-order valence-electron chi connectivity index (χ2n) is 5.01. The molecule has 96 valence electrons. The highest BCUT2D eigenvalue weighted by atomic mass is 79.9. The van der Waals surface area contributed by atoms with E-state index in [-0.39, 0.29) is 11.9 Å². The molecule has 0 saturated carbocycles. The fourth-order valence-electron chi connectivity index (χ4n) is 2.70. The van der Waals surface area contributed by atoms with Crippen molar-refractivity contribution >= 4 is 21.7 Å². The topological polar surface area (TPSA) is 35.5 Å². The Morgan fingerprint density at radius 3 is 2.83 bits per heavy atom. The minimum Gasteiger partial charge on any atom is -0.488 e. The number of ether oxygens (including phenoxy) is 2. The molecule has 1 saturated heterocycles. The molecular formula is C14H15BrO3. The van der Waals surface area contributed by atoms with E-state index in [1.54, 1.807) is 0 Å². The molecule has 0 radical (unpaired) electrons. The summed E-state index contributed by atoms with van der Waals surface area (Å²) in [7, 11) is 0. The zero-order valence-electron chi connectivity index (χ0n) is 10.2. The highest BCUT2D eigenvalue weighted by Gasteiger charge is 2.56. The van der Waals surface area contributed by atoms with E-state index in [1.165, 1.54) is 0 Å². The number of ketones is 1. The Labute approximate surface area is 115 Å². The fourth-order valence-corrected chi connectivity index (χ4v) is 3.06. The van der Waals surface area contributed by atoms with Gasteiger partial charge in [-0.15, -0.1) is 0 Å². The van der Waals surface area contributed by atoms with Gasteiger partial charge in [-0.25, -0.2) is 0 Å². The SMILES string of the molecule is CCCC1Oc2ccc(Br)cc2C(=O)C12COC2. The van der Waals surface area contributed by atoms with Gasteiger partial charge in [0.25, 0.3) is 0 Å². The van der Waals surface area contributed by atoms with E-state index in [1.807, 2.05) is 18.2 Å². The van der Waals surface area contributed by atoms with Crippen LogP contribution >= 0.6 is 15.9 Å². The molecule has 0 N–H and O–H groups in total. The number of Topliss-reactive ketones (excluding diaryl/α,β-unsaturated/α-hetero) is 1. The van der Waals surface area contributed by atoms with E-state index in [4.69, 9.17) is 9.47 Å². The lowest BCUT2D eigenvalue weighted by molar-refractivity contribution is -0.141. The van der Waals surface area contributed by atoms with E-state index in [2.05, 4.69) is 22.9 Å². The third-order valence-corrected chi connectivity index (χ3v) is 4.29. The first-order chi connectivity index (χ1) is 8.67. The average Bonchev–Trinajstić information content (AvgIpc) is 2.29. The number of hydrogen-bond donors (Lipinski definition) is 0. The van der Waals surface area contributed by atoms with Crippen molar-refractivity contribution in [2.75, 3.05) is 13.2 Å². The lowest BCUT2D eigenvalue weighted by Gasteiger charge is -2.48. The van der Waals surface area contributed by atoms with Gasteiger partial charge in [-0.2, -0.15) is 0 Å². The van der Waals surface area contributed by atoms with E-state index in [9.17, 15) is 4.79 Å². The van der Waals surface area contributed by atoms with E-state index in [0.717, 1.165) is 17.3 Å². The Morgan fingerprint density at radius 2 is 2.22 bits per heavy atom. The summed E-state index contributed by atoms with van der Waals surface area (Å²) in [4.78, 5) is 12.7. The van der Waals surface area contributed by atoms with Crippen LogP contribution in [0.5, 0.6) is 5.75 Å². The Bertz CT molecular complexity index is 494. The number of carbonyl (C=O) groups is 1. The van der Waals surface area contributed by atoms with Crippen molar-refractivity contribution in [3.63, 3.8) is 0 Å². The van der Waals surface area contributed by atoms with Gasteiger partial charge in [0.2, 0.25) is 0 Å². The molecule has 3 rings (SSSR count). The van der Waals surface area contributed by atoms with Crippen LogP contribution in [0.4, 0.5) is 0 Å². The molecule has 18 heavy (non-hydrogen) atoms. The number of rotatable bonds is 2. The molecule has 2 aliphatic rings. The molecule has 2 aliphatic heterocycles.